The third-order valence-corrected chi connectivity index (χ3v) is 15.5. The summed E-state index contributed by atoms with van der Waals surface area (Å²) >= 11 is 0. The second-order valence-corrected chi connectivity index (χ2v) is 18.0. The predicted molar refractivity (Wildman–Crippen MR) is 187 cm³/mol. The van der Waals surface area contributed by atoms with Crippen molar-refractivity contribution >= 4 is 0 Å². The Morgan fingerprint density at radius 2 is 1.76 bits per heavy atom. The lowest BCUT2D eigenvalue weighted by atomic mass is 9.47. The maximum Gasteiger partial charge on any atom is 0.186 e. The fraction of sp³-hybridized carbons (Fsp3) is 0.810. The number of fused-ring (bicyclic) bond motifs is 7. The SMILES string of the molecule is CC(OCC1O[C@@H](O[C@H]2CC[C@@]3(C)C(=CC[C@H]4[C@@H]5C[C@@H]6O[C@]7(CC[C@@H](C)CO7)[C@@H](C)[C@@H]6[C@@]5(C)CC[C@@H]43)C2)[C@@H](O)C(O)[C@@H]1C)c1ccccc1. The summed E-state index contributed by atoms with van der Waals surface area (Å²) in [6, 6.07) is 10.1. The Hall–Kier alpha value is -1.32. The summed E-state index contributed by atoms with van der Waals surface area (Å²) in [5.74, 6) is 3.14. The fourth-order valence-electron chi connectivity index (χ4n) is 12.4. The van der Waals surface area contributed by atoms with E-state index in [2.05, 4.69) is 45.9 Å². The normalized spacial score (nSPS) is 51.3. The monoisotopic (exact) mass is 678 g/mol. The Labute approximate surface area is 294 Å². The van der Waals surface area contributed by atoms with Crippen molar-refractivity contribution in [1.82, 2.24) is 0 Å². The molecule has 4 aliphatic carbocycles. The summed E-state index contributed by atoms with van der Waals surface area (Å²) in [7, 11) is 0. The molecular weight excluding hydrogens is 616 g/mol. The molecule has 3 saturated heterocycles. The number of benzene rings is 1. The maximum atomic E-state index is 11.1. The van der Waals surface area contributed by atoms with Gasteiger partial charge in [-0.05, 0) is 104 Å². The Morgan fingerprint density at radius 1 is 0.959 bits per heavy atom. The summed E-state index contributed by atoms with van der Waals surface area (Å²) in [5.41, 5.74) is 3.14. The van der Waals surface area contributed by atoms with Gasteiger partial charge in [0.2, 0.25) is 0 Å². The highest BCUT2D eigenvalue weighted by molar-refractivity contribution is 5.26. The largest absolute Gasteiger partial charge is 0.390 e. The van der Waals surface area contributed by atoms with E-state index >= 15 is 0 Å². The molecule has 3 saturated carbocycles. The first-order valence-corrected chi connectivity index (χ1v) is 19.8. The molecule has 7 aliphatic rings. The minimum Gasteiger partial charge on any atom is -0.390 e. The summed E-state index contributed by atoms with van der Waals surface area (Å²) in [5, 5.41) is 22.1. The molecule has 3 heterocycles. The van der Waals surface area contributed by atoms with Crippen molar-refractivity contribution in [1.29, 1.82) is 0 Å². The van der Waals surface area contributed by atoms with E-state index in [9.17, 15) is 10.2 Å². The van der Waals surface area contributed by atoms with Crippen molar-refractivity contribution in [2.45, 2.75) is 148 Å². The highest BCUT2D eigenvalue weighted by Gasteiger charge is 2.68. The third kappa shape index (κ3) is 5.72. The summed E-state index contributed by atoms with van der Waals surface area (Å²) in [6.45, 7) is 15.0. The van der Waals surface area contributed by atoms with Crippen molar-refractivity contribution < 1.29 is 33.9 Å². The van der Waals surface area contributed by atoms with Crippen molar-refractivity contribution in [3.05, 3.63) is 47.5 Å². The minimum absolute atomic E-state index is 0.0377. The van der Waals surface area contributed by atoms with Gasteiger partial charge in [0.15, 0.2) is 12.1 Å². The van der Waals surface area contributed by atoms with Crippen molar-refractivity contribution in [2.75, 3.05) is 13.2 Å². The van der Waals surface area contributed by atoms with E-state index < -0.39 is 18.5 Å². The smallest absolute Gasteiger partial charge is 0.186 e. The van der Waals surface area contributed by atoms with Crippen LogP contribution in [0.3, 0.4) is 0 Å². The van der Waals surface area contributed by atoms with Crippen LogP contribution in [0, 0.1) is 52.3 Å². The van der Waals surface area contributed by atoms with E-state index in [1.807, 2.05) is 32.0 Å². The summed E-state index contributed by atoms with van der Waals surface area (Å²) in [4.78, 5) is 0. The van der Waals surface area contributed by atoms with Gasteiger partial charge < -0.3 is 33.9 Å². The van der Waals surface area contributed by atoms with Crippen molar-refractivity contribution in [3.63, 3.8) is 0 Å². The number of hydrogen-bond donors (Lipinski definition) is 2. The van der Waals surface area contributed by atoms with Gasteiger partial charge in [0.1, 0.15) is 6.10 Å². The molecule has 0 radical (unpaired) electrons. The molecule has 6 fully saturated rings. The summed E-state index contributed by atoms with van der Waals surface area (Å²) in [6.07, 6.45) is 9.58. The Balaban J connectivity index is 0.917. The van der Waals surface area contributed by atoms with Crippen molar-refractivity contribution in [3.8, 4) is 0 Å². The van der Waals surface area contributed by atoms with Gasteiger partial charge in [0.25, 0.3) is 0 Å². The Morgan fingerprint density at radius 3 is 2.51 bits per heavy atom. The molecule has 49 heavy (non-hydrogen) atoms. The van der Waals surface area contributed by atoms with Crippen LogP contribution in [0.1, 0.15) is 111 Å². The molecule has 7 heteroatoms. The number of hydrogen-bond acceptors (Lipinski definition) is 7. The van der Waals surface area contributed by atoms with Crippen LogP contribution in [0.2, 0.25) is 0 Å². The van der Waals surface area contributed by atoms with E-state index in [4.69, 9.17) is 23.7 Å². The lowest BCUT2D eigenvalue weighted by Crippen LogP contribution is -2.57. The number of aliphatic hydroxyl groups is 2. The fourth-order valence-corrected chi connectivity index (χ4v) is 12.4. The van der Waals surface area contributed by atoms with Crippen LogP contribution in [0.4, 0.5) is 0 Å². The molecule has 2 N–H and O–H groups in total. The number of aliphatic hydroxyl groups excluding tert-OH is 2. The van der Waals surface area contributed by atoms with Crippen LogP contribution < -0.4 is 0 Å². The van der Waals surface area contributed by atoms with Gasteiger partial charge in [-0.3, -0.25) is 0 Å². The lowest BCUT2D eigenvalue weighted by molar-refractivity contribution is -0.304. The first kappa shape index (κ1) is 34.7. The third-order valence-electron chi connectivity index (χ3n) is 15.5. The molecule has 1 aromatic rings. The Bertz CT molecular complexity index is 1360. The quantitative estimate of drug-likeness (QED) is 0.300. The van der Waals surface area contributed by atoms with Crippen LogP contribution in [-0.2, 0) is 23.7 Å². The molecule has 3 unspecified atom stereocenters. The maximum absolute atomic E-state index is 11.1. The molecule has 8 rings (SSSR count). The van der Waals surface area contributed by atoms with Gasteiger partial charge in [-0.15, -0.1) is 0 Å². The molecular formula is C42H62O7. The zero-order chi connectivity index (χ0) is 34.3. The van der Waals surface area contributed by atoms with E-state index in [0.717, 1.165) is 44.3 Å². The number of rotatable bonds is 6. The Kier molecular flexibility index (Phi) is 9.19. The van der Waals surface area contributed by atoms with Gasteiger partial charge in [0, 0.05) is 18.3 Å². The second kappa shape index (κ2) is 13.0. The molecule has 0 amide bonds. The topological polar surface area (TPSA) is 86.6 Å². The molecule has 17 atom stereocenters. The van der Waals surface area contributed by atoms with E-state index in [1.165, 1.54) is 31.3 Å². The standard InChI is InChI=1S/C42H62O7/c1-24-14-19-42(46-22-24)26(3)36-34(49-42)21-33-31-13-12-29-20-30(15-17-40(29,5)32(31)16-18-41(33,36)6)47-39-38(44)37(43)25(2)35(48-39)23-45-27(4)28-10-8-7-9-11-28/h7-12,24-27,30-39,43-44H,13-23H2,1-6H3/t24-,25-,26+,27?,30+,31-,32+,33+,34+,35?,36+,37?,38+,39-,40+,41+,42-/m1/s1. The highest BCUT2D eigenvalue weighted by Crippen LogP contribution is 2.70. The zero-order valence-electron chi connectivity index (χ0n) is 30.8. The predicted octanol–water partition coefficient (Wildman–Crippen LogP) is 7.60. The first-order valence-electron chi connectivity index (χ1n) is 19.8. The van der Waals surface area contributed by atoms with Gasteiger partial charge in [-0.1, -0.05) is 76.6 Å². The molecule has 0 bridgehead atoms. The lowest BCUT2D eigenvalue weighted by Gasteiger charge is -2.58. The molecule has 1 aromatic carbocycles. The molecule has 3 aliphatic heterocycles. The van der Waals surface area contributed by atoms with Crippen LogP contribution in [-0.4, -0.2) is 66.0 Å². The van der Waals surface area contributed by atoms with E-state index in [0.29, 0.717) is 53.6 Å². The summed E-state index contributed by atoms with van der Waals surface area (Å²) < 4.78 is 32.7. The van der Waals surface area contributed by atoms with Gasteiger partial charge in [-0.25, -0.2) is 0 Å². The zero-order valence-corrected chi connectivity index (χ0v) is 30.8. The minimum atomic E-state index is -1.08. The highest BCUT2D eigenvalue weighted by atomic mass is 16.7. The average molecular weight is 679 g/mol. The van der Waals surface area contributed by atoms with Gasteiger partial charge in [0.05, 0.1) is 43.7 Å². The first-order chi connectivity index (χ1) is 23.4. The molecule has 0 aromatic heterocycles. The molecule has 1 spiro atoms. The van der Waals surface area contributed by atoms with Crippen LogP contribution in [0.15, 0.2) is 42.0 Å². The second-order valence-electron chi connectivity index (χ2n) is 18.0. The van der Waals surface area contributed by atoms with E-state index in [1.54, 1.807) is 0 Å². The van der Waals surface area contributed by atoms with Gasteiger partial charge in [-0.2, -0.15) is 0 Å². The molecule has 7 nitrogen and oxygen atoms in total. The van der Waals surface area contributed by atoms with Crippen molar-refractivity contribution in [2.24, 2.45) is 52.3 Å². The van der Waals surface area contributed by atoms with Crippen LogP contribution in [0.5, 0.6) is 0 Å². The van der Waals surface area contributed by atoms with Crippen LogP contribution in [0.25, 0.3) is 0 Å². The average Bonchev–Trinajstić information content (AvgIpc) is 3.55. The molecule has 272 valence electrons. The number of ether oxygens (including phenoxy) is 5. The van der Waals surface area contributed by atoms with Gasteiger partial charge >= 0.3 is 0 Å². The van der Waals surface area contributed by atoms with E-state index in [-0.39, 0.29) is 35.4 Å². The van der Waals surface area contributed by atoms with Crippen LogP contribution >= 0.6 is 0 Å². The number of allylic oxidation sites excluding steroid dienone is 1.